The molecule has 0 saturated heterocycles. The smallest absolute Gasteiger partial charge is 0.263 e. The zero-order valence-electron chi connectivity index (χ0n) is 17.1. The van der Waals surface area contributed by atoms with Crippen LogP contribution in [0.4, 0.5) is 0 Å². The summed E-state index contributed by atoms with van der Waals surface area (Å²) in [6, 6.07) is 14.3. The second-order valence-corrected chi connectivity index (χ2v) is 9.46. The van der Waals surface area contributed by atoms with Gasteiger partial charge < -0.3 is 4.90 Å². The summed E-state index contributed by atoms with van der Waals surface area (Å²) >= 11 is 5.93. The molecule has 0 saturated carbocycles. The number of sulfonamides is 1. The highest BCUT2D eigenvalue weighted by Gasteiger charge is 2.29. The highest BCUT2D eigenvalue weighted by molar-refractivity contribution is 7.90. The summed E-state index contributed by atoms with van der Waals surface area (Å²) < 4.78 is 26.6. The van der Waals surface area contributed by atoms with Crippen molar-refractivity contribution >= 4 is 33.4 Å². The van der Waals surface area contributed by atoms with Crippen LogP contribution in [-0.2, 0) is 14.8 Å². The largest absolute Gasteiger partial charge is 0.339 e. The van der Waals surface area contributed by atoms with Gasteiger partial charge in [-0.15, -0.1) is 0 Å². The SMILES string of the molecule is CC(c1ccc(Cl)cc1)N(C)C(=O)CCCCCN=C1NS(=O)(=O)c2ccccc21. The number of rotatable bonds is 8. The van der Waals surface area contributed by atoms with Crippen molar-refractivity contribution in [3.63, 3.8) is 0 Å². The van der Waals surface area contributed by atoms with Gasteiger partial charge in [0, 0.05) is 30.6 Å². The third kappa shape index (κ3) is 5.21. The molecule has 2 aromatic rings. The second kappa shape index (κ2) is 9.62. The lowest BCUT2D eigenvalue weighted by Gasteiger charge is -2.25. The number of amidine groups is 1. The van der Waals surface area contributed by atoms with Crippen molar-refractivity contribution < 1.29 is 13.2 Å². The molecule has 1 heterocycles. The van der Waals surface area contributed by atoms with Crippen LogP contribution in [0.15, 0.2) is 58.4 Å². The van der Waals surface area contributed by atoms with Crippen LogP contribution in [-0.4, -0.2) is 38.7 Å². The van der Waals surface area contributed by atoms with Crippen LogP contribution in [0.1, 0.15) is 49.8 Å². The second-order valence-electron chi connectivity index (χ2n) is 7.37. The van der Waals surface area contributed by atoms with Crippen LogP contribution in [0.5, 0.6) is 0 Å². The zero-order valence-corrected chi connectivity index (χ0v) is 18.7. The van der Waals surface area contributed by atoms with Crippen LogP contribution in [0, 0.1) is 0 Å². The summed E-state index contributed by atoms with van der Waals surface area (Å²) in [6.45, 7) is 2.51. The van der Waals surface area contributed by atoms with Gasteiger partial charge in [0.2, 0.25) is 5.91 Å². The van der Waals surface area contributed by atoms with E-state index in [0.717, 1.165) is 24.8 Å². The third-order valence-corrected chi connectivity index (χ3v) is 6.96. The van der Waals surface area contributed by atoms with E-state index in [-0.39, 0.29) is 16.8 Å². The van der Waals surface area contributed by atoms with Crippen molar-refractivity contribution in [2.75, 3.05) is 13.6 Å². The molecule has 2 aromatic carbocycles. The fourth-order valence-electron chi connectivity index (χ4n) is 3.36. The fraction of sp³-hybridized carbons (Fsp3) is 0.364. The topological polar surface area (TPSA) is 78.8 Å². The standard InChI is InChI=1S/C22H26ClN3O3S/c1-16(17-11-13-18(23)14-12-17)26(2)21(27)10-4-3-7-15-24-22-19-8-5-6-9-20(19)30(28,29)25-22/h5-6,8-9,11-14,16H,3-4,7,10,15H2,1-2H3,(H,24,25). The number of nitrogens with one attached hydrogen (secondary N) is 1. The Kier molecular flexibility index (Phi) is 7.15. The van der Waals surface area contributed by atoms with Gasteiger partial charge >= 0.3 is 0 Å². The number of hydrogen-bond acceptors (Lipinski definition) is 4. The van der Waals surface area contributed by atoms with Crippen molar-refractivity contribution in [2.45, 2.75) is 43.5 Å². The molecule has 1 N–H and O–H groups in total. The minimum Gasteiger partial charge on any atom is -0.339 e. The van der Waals surface area contributed by atoms with Crippen LogP contribution in [0.3, 0.4) is 0 Å². The molecular weight excluding hydrogens is 422 g/mol. The van der Waals surface area contributed by atoms with E-state index in [1.165, 1.54) is 0 Å². The summed E-state index contributed by atoms with van der Waals surface area (Å²) in [4.78, 5) is 18.9. The molecule has 0 fully saturated rings. The maximum Gasteiger partial charge on any atom is 0.263 e. The van der Waals surface area contributed by atoms with E-state index in [0.29, 0.717) is 29.4 Å². The summed E-state index contributed by atoms with van der Waals surface area (Å²) in [7, 11) is -1.68. The minimum atomic E-state index is -3.49. The lowest BCUT2D eigenvalue weighted by atomic mass is 10.1. The van der Waals surface area contributed by atoms with Gasteiger partial charge in [-0.25, -0.2) is 8.42 Å². The number of aliphatic imine (C=N–C) groups is 1. The normalized spacial score (nSPS) is 16.7. The Morgan fingerprint density at radius 2 is 1.80 bits per heavy atom. The zero-order chi connectivity index (χ0) is 21.7. The first kappa shape index (κ1) is 22.3. The van der Waals surface area contributed by atoms with E-state index in [9.17, 15) is 13.2 Å². The molecule has 0 spiro atoms. The number of unbranched alkanes of at least 4 members (excludes halogenated alkanes) is 2. The van der Waals surface area contributed by atoms with Gasteiger partial charge in [-0.3, -0.25) is 14.5 Å². The maximum absolute atomic E-state index is 12.5. The number of amides is 1. The Balaban J connectivity index is 1.43. The first-order valence-electron chi connectivity index (χ1n) is 9.97. The monoisotopic (exact) mass is 447 g/mol. The molecule has 8 heteroatoms. The summed E-state index contributed by atoms with van der Waals surface area (Å²) in [6.07, 6.45) is 2.88. The van der Waals surface area contributed by atoms with Gasteiger partial charge in [0.1, 0.15) is 5.84 Å². The molecule has 1 aliphatic heterocycles. The molecule has 1 amide bonds. The molecule has 0 aliphatic carbocycles. The molecule has 6 nitrogen and oxygen atoms in total. The van der Waals surface area contributed by atoms with E-state index in [2.05, 4.69) is 9.71 Å². The quantitative estimate of drug-likeness (QED) is 0.617. The molecule has 3 rings (SSSR count). The Labute approximate surface area is 183 Å². The summed E-state index contributed by atoms with van der Waals surface area (Å²) in [5.74, 6) is 0.499. The molecule has 1 atom stereocenters. The van der Waals surface area contributed by atoms with Crippen LogP contribution >= 0.6 is 11.6 Å². The number of fused-ring (bicyclic) bond motifs is 1. The molecule has 160 valence electrons. The Bertz CT molecular complexity index is 1040. The molecule has 0 radical (unpaired) electrons. The van der Waals surface area contributed by atoms with Gasteiger partial charge in [0.05, 0.1) is 10.9 Å². The molecule has 1 aliphatic rings. The summed E-state index contributed by atoms with van der Waals surface area (Å²) in [5.41, 5.74) is 1.66. The number of hydrogen-bond donors (Lipinski definition) is 1. The maximum atomic E-state index is 12.5. The molecule has 1 unspecified atom stereocenters. The molecule has 30 heavy (non-hydrogen) atoms. The van der Waals surface area contributed by atoms with E-state index < -0.39 is 10.0 Å². The van der Waals surface area contributed by atoms with Crippen molar-refractivity contribution in [2.24, 2.45) is 4.99 Å². The van der Waals surface area contributed by atoms with Crippen molar-refractivity contribution in [3.05, 3.63) is 64.7 Å². The van der Waals surface area contributed by atoms with Crippen molar-refractivity contribution in [3.8, 4) is 0 Å². The van der Waals surface area contributed by atoms with E-state index in [1.54, 1.807) is 29.2 Å². The van der Waals surface area contributed by atoms with E-state index >= 15 is 0 Å². The fourth-order valence-corrected chi connectivity index (χ4v) is 4.74. The van der Waals surface area contributed by atoms with Gasteiger partial charge in [-0.05, 0) is 49.6 Å². The third-order valence-electron chi connectivity index (χ3n) is 5.31. The minimum absolute atomic E-state index is 0.0170. The number of halogens is 1. The molecule has 0 aromatic heterocycles. The number of benzene rings is 2. The average Bonchev–Trinajstić information content (AvgIpc) is 3.00. The van der Waals surface area contributed by atoms with Crippen LogP contribution < -0.4 is 4.72 Å². The molecule has 0 bridgehead atoms. The predicted octanol–water partition coefficient (Wildman–Crippen LogP) is 4.16. The van der Waals surface area contributed by atoms with Crippen LogP contribution in [0.25, 0.3) is 0 Å². The highest BCUT2D eigenvalue weighted by atomic mass is 35.5. The van der Waals surface area contributed by atoms with Crippen LogP contribution in [0.2, 0.25) is 5.02 Å². The van der Waals surface area contributed by atoms with Crippen molar-refractivity contribution in [1.29, 1.82) is 0 Å². The Morgan fingerprint density at radius 3 is 2.53 bits per heavy atom. The lowest BCUT2D eigenvalue weighted by molar-refractivity contribution is -0.131. The van der Waals surface area contributed by atoms with E-state index in [4.69, 9.17) is 11.6 Å². The van der Waals surface area contributed by atoms with E-state index in [1.807, 2.05) is 38.2 Å². The molecular formula is C22H26ClN3O3S. The summed E-state index contributed by atoms with van der Waals surface area (Å²) in [5, 5.41) is 0.678. The van der Waals surface area contributed by atoms with Gasteiger partial charge in [-0.2, -0.15) is 0 Å². The predicted molar refractivity (Wildman–Crippen MR) is 119 cm³/mol. The average molecular weight is 448 g/mol. The number of carbonyl (C=O) groups excluding carboxylic acids is 1. The number of nitrogens with zero attached hydrogens (tertiary/aromatic N) is 2. The Morgan fingerprint density at radius 1 is 1.10 bits per heavy atom. The van der Waals surface area contributed by atoms with Gasteiger partial charge in [0.25, 0.3) is 10.0 Å². The van der Waals surface area contributed by atoms with Crippen molar-refractivity contribution in [1.82, 2.24) is 9.62 Å². The Hall–Kier alpha value is -2.38. The number of carbonyl (C=O) groups is 1. The van der Waals surface area contributed by atoms with Gasteiger partial charge in [-0.1, -0.05) is 42.3 Å². The first-order chi connectivity index (χ1) is 14.3. The van der Waals surface area contributed by atoms with Gasteiger partial charge in [0.15, 0.2) is 0 Å². The lowest BCUT2D eigenvalue weighted by Crippen LogP contribution is -2.29. The first-order valence-corrected chi connectivity index (χ1v) is 11.8. The highest BCUT2D eigenvalue weighted by Crippen LogP contribution is 2.23.